The molecule has 0 saturated carbocycles. The molecule has 0 aliphatic heterocycles. The molecule has 1 heterocycles. The molecular weight excluding hydrogens is 193 g/mol. The minimum absolute atomic E-state index is 0.171. The highest BCUT2D eigenvalue weighted by molar-refractivity contribution is 5.18. The lowest BCUT2D eigenvalue weighted by molar-refractivity contribution is -0.144. The third-order valence-electron chi connectivity index (χ3n) is 1.59. The first-order valence-corrected chi connectivity index (χ1v) is 4.56. The van der Waals surface area contributed by atoms with Crippen molar-refractivity contribution in [2.45, 2.75) is 40.4 Å². The van der Waals surface area contributed by atoms with Crippen LogP contribution in [0.25, 0.3) is 0 Å². The van der Waals surface area contributed by atoms with Crippen LogP contribution in [0.4, 0.5) is 13.2 Å². The minimum atomic E-state index is -4.30. The van der Waals surface area contributed by atoms with Crippen LogP contribution >= 0.6 is 0 Å². The van der Waals surface area contributed by atoms with Crippen LogP contribution in [0.5, 0.6) is 0 Å². The molecule has 0 aromatic carbocycles. The summed E-state index contributed by atoms with van der Waals surface area (Å²) in [5.74, 6) is 0. The van der Waals surface area contributed by atoms with Gasteiger partial charge in [-0.15, -0.1) is 0 Å². The van der Waals surface area contributed by atoms with E-state index in [1.165, 1.54) is 13.1 Å². The van der Waals surface area contributed by atoms with E-state index < -0.39 is 11.9 Å². The summed E-state index contributed by atoms with van der Waals surface area (Å²) in [6.07, 6.45) is -3.07. The Morgan fingerprint density at radius 2 is 1.86 bits per heavy atom. The average Bonchev–Trinajstić information content (AvgIpc) is 2.49. The van der Waals surface area contributed by atoms with Gasteiger partial charge in [-0.1, -0.05) is 13.8 Å². The van der Waals surface area contributed by atoms with Gasteiger partial charge in [0.05, 0.1) is 6.20 Å². The summed E-state index contributed by atoms with van der Waals surface area (Å²) in [6.45, 7) is 7.27. The Morgan fingerprint density at radius 1 is 1.36 bits per heavy atom. The van der Waals surface area contributed by atoms with Crippen LogP contribution in [-0.4, -0.2) is 9.78 Å². The minimum Gasteiger partial charge on any atom is -0.260 e. The van der Waals surface area contributed by atoms with Crippen molar-refractivity contribution in [3.05, 3.63) is 17.5 Å². The van der Waals surface area contributed by atoms with Gasteiger partial charge in [0.15, 0.2) is 0 Å². The molecule has 0 aliphatic rings. The Morgan fingerprint density at radius 3 is 2.14 bits per heavy atom. The van der Waals surface area contributed by atoms with Gasteiger partial charge < -0.3 is 0 Å². The van der Waals surface area contributed by atoms with E-state index >= 15 is 0 Å². The molecule has 0 bridgehead atoms. The van der Waals surface area contributed by atoms with Gasteiger partial charge in [-0.05, 0) is 19.4 Å². The van der Waals surface area contributed by atoms with Crippen LogP contribution in [0.2, 0.25) is 0 Å². The number of aromatic nitrogens is 2. The lowest BCUT2D eigenvalue weighted by Gasteiger charge is -2.09. The molecule has 0 amide bonds. The van der Waals surface area contributed by atoms with Gasteiger partial charge in [0.1, 0.15) is 5.69 Å². The molecule has 0 N–H and O–H groups in total. The maximum atomic E-state index is 12.3. The molecule has 0 unspecified atom stereocenters. The molecule has 5 heteroatoms. The summed E-state index contributed by atoms with van der Waals surface area (Å²) in [5, 5.41) is 3.60. The smallest absolute Gasteiger partial charge is 0.260 e. The second-order valence-electron chi connectivity index (χ2n) is 2.49. The van der Waals surface area contributed by atoms with E-state index in [1.807, 2.05) is 13.8 Å². The van der Waals surface area contributed by atoms with Gasteiger partial charge in [0.2, 0.25) is 0 Å². The van der Waals surface area contributed by atoms with Crippen LogP contribution in [-0.2, 0) is 12.7 Å². The van der Waals surface area contributed by atoms with Gasteiger partial charge in [0, 0.05) is 6.54 Å². The molecule has 1 aromatic rings. The summed E-state index contributed by atoms with van der Waals surface area (Å²) in [4.78, 5) is 0. The van der Waals surface area contributed by atoms with Crippen molar-refractivity contribution in [1.29, 1.82) is 0 Å². The molecular formula is C9H15F3N2. The summed E-state index contributed by atoms with van der Waals surface area (Å²) in [7, 11) is 0. The van der Waals surface area contributed by atoms with Crippen LogP contribution in [0, 0.1) is 6.92 Å². The van der Waals surface area contributed by atoms with Gasteiger partial charge in [0.25, 0.3) is 0 Å². The quantitative estimate of drug-likeness (QED) is 0.692. The second kappa shape index (κ2) is 5.02. The Bertz CT molecular complexity index is 276. The zero-order chi connectivity index (χ0) is 11.4. The van der Waals surface area contributed by atoms with Crippen molar-refractivity contribution in [2.24, 2.45) is 0 Å². The fourth-order valence-electron chi connectivity index (χ4n) is 1.09. The van der Waals surface area contributed by atoms with Gasteiger partial charge in [-0.2, -0.15) is 18.3 Å². The second-order valence-corrected chi connectivity index (χ2v) is 2.49. The lowest BCUT2D eigenvalue weighted by atomic mass is 10.3. The first-order valence-electron chi connectivity index (χ1n) is 4.56. The Labute approximate surface area is 81.7 Å². The fourth-order valence-corrected chi connectivity index (χ4v) is 1.09. The van der Waals surface area contributed by atoms with Crippen molar-refractivity contribution < 1.29 is 13.2 Å². The molecule has 82 valence electrons. The maximum absolute atomic E-state index is 12.3. The number of rotatable bonds is 1. The van der Waals surface area contributed by atoms with E-state index in [0.29, 0.717) is 0 Å². The maximum Gasteiger partial charge on any atom is 0.433 e. The highest BCUT2D eigenvalue weighted by atomic mass is 19.4. The number of halogens is 3. The largest absolute Gasteiger partial charge is 0.433 e. The first kappa shape index (κ1) is 13.0. The predicted octanol–water partition coefficient (Wildman–Crippen LogP) is 3.26. The van der Waals surface area contributed by atoms with Gasteiger partial charge >= 0.3 is 6.18 Å². The number of alkyl halides is 3. The molecule has 2 nitrogen and oxygen atoms in total. The van der Waals surface area contributed by atoms with Crippen LogP contribution < -0.4 is 0 Å². The topological polar surface area (TPSA) is 17.8 Å². The van der Waals surface area contributed by atoms with Crippen molar-refractivity contribution in [2.75, 3.05) is 0 Å². The molecule has 0 radical (unpaired) electrons. The SMILES string of the molecule is CC.CCn1ncc(C)c1C(F)(F)F. The average molecular weight is 208 g/mol. The van der Waals surface area contributed by atoms with Crippen molar-refractivity contribution >= 4 is 0 Å². The third kappa shape index (κ3) is 2.75. The van der Waals surface area contributed by atoms with Gasteiger partial charge in [-0.25, -0.2) is 0 Å². The Kier molecular flexibility index (Phi) is 4.67. The van der Waals surface area contributed by atoms with E-state index in [9.17, 15) is 13.2 Å². The number of nitrogens with zero attached hydrogens (tertiary/aromatic N) is 2. The Balaban J connectivity index is 0.000000791. The summed E-state index contributed by atoms with van der Waals surface area (Å²) < 4.78 is 37.8. The molecule has 0 aliphatic carbocycles. The van der Waals surface area contributed by atoms with Crippen LogP contribution in [0.1, 0.15) is 32.0 Å². The van der Waals surface area contributed by atoms with Crippen molar-refractivity contribution in [3.63, 3.8) is 0 Å². The predicted molar refractivity (Wildman–Crippen MR) is 49.0 cm³/mol. The summed E-state index contributed by atoms with van der Waals surface area (Å²) in [5.41, 5.74) is -0.477. The highest BCUT2D eigenvalue weighted by Crippen LogP contribution is 2.31. The van der Waals surface area contributed by atoms with Gasteiger partial charge in [-0.3, -0.25) is 4.68 Å². The number of hydrogen-bond donors (Lipinski definition) is 0. The summed E-state index contributed by atoms with van der Waals surface area (Å²) in [6, 6.07) is 0. The Hall–Kier alpha value is -1.00. The van der Waals surface area contributed by atoms with E-state index in [0.717, 1.165) is 4.68 Å². The van der Waals surface area contributed by atoms with E-state index in [-0.39, 0.29) is 12.1 Å². The monoisotopic (exact) mass is 208 g/mol. The number of hydrogen-bond acceptors (Lipinski definition) is 1. The molecule has 14 heavy (non-hydrogen) atoms. The van der Waals surface area contributed by atoms with E-state index in [4.69, 9.17) is 0 Å². The van der Waals surface area contributed by atoms with Crippen LogP contribution in [0.3, 0.4) is 0 Å². The van der Waals surface area contributed by atoms with Crippen molar-refractivity contribution in [3.8, 4) is 0 Å². The normalized spacial score (nSPS) is 10.8. The summed E-state index contributed by atoms with van der Waals surface area (Å²) >= 11 is 0. The molecule has 1 rings (SSSR count). The fraction of sp³-hybridized carbons (Fsp3) is 0.667. The lowest BCUT2D eigenvalue weighted by Crippen LogP contribution is -2.14. The van der Waals surface area contributed by atoms with Crippen molar-refractivity contribution in [1.82, 2.24) is 9.78 Å². The number of aryl methyl sites for hydroxylation is 2. The van der Waals surface area contributed by atoms with Crippen LogP contribution in [0.15, 0.2) is 6.20 Å². The zero-order valence-electron chi connectivity index (χ0n) is 8.81. The molecule has 0 fully saturated rings. The molecule has 1 aromatic heterocycles. The molecule has 0 saturated heterocycles. The molecule has 0 spiro atoms. The van der Waals surface area contributed by atoms with E-state index in [1.54, 1.807) is 6.92 Å². The first-order chi connectivity index (χ1) is 6.46. The highest BCUT2D eigenvalue weighted by Gasteiger charge is 2.36. The zero-order valence-corrected chi connectivity index (χ0v) is 8.81. The van der Waals surface area contributed by atoms with E-state index in [2.05, 4.69) is 5.10 Å². The molecule has 0 atom stereocenters. The third-order valence-corrected chi connectivity index (χ3v) is 1.59. The standard InChI is InChI=1S/C7H9F3N2.C2H6/c1-3-12-6(7(8,9)10)5(2)4-11-12;1-2/h4H,3H2,1-2H3;1-2H3.